The molecule has 1 saturated heterocycles. The lowest BCUT2D eigenvalue weighted by atomic mass is 10.2. The van der Waals surface area contributed by atoms with Crippen molar-refractivity contribution in [1.29, 1.82) is 0 Å². The van der Waals surface area contributed by atoms with Gasteiger partial charge in [0.2, 0.25) is 5.95 Å². The van der Waals surface area contributed by atoms with Gasteiger partial charge < -0.3 is 14.8 Å². The molecule has 2 fully saturated rings. The number of rotatable bonds is 4. The number of carbonyl (C=O) groups is 1. The summed E-state index contributed by atoms with van der Waals surface area (Å²) >= 11 is 3.42. The fourth-order valence-electron chi connectivity index (χ4n) is 4.71. The zero-order valence-corrected chi connectivity index (χ0v) is 17.9. The van der Waals surface area contributed by atoms with E-state index in [-0.39, 0.29) is 11.9 Å². The first-order chi connectivity index (χ1) is 14.2. The minimum Gasteiger partial charge on any atom is -0.347 e. The number of amides is 1. The number of aromatic nitrogens is 2. The molecule has 150 valence electrons. The van der Waals surface area contributed by atoms with Crippen LogP contribution in [0.3, 0.4) is 0 Å². The maximum absolute atomic E-state index is 12.6. The van der Waals surface area contributed by atoms with Gasteiger partial charge in [0.05, 0.1) is 11.0 Å². The van der Waals surface area contributed by atoms with Gasteiger partial charge in [-0.15, -0.1) is 0 Å². The molecule has 5 rings (SSSR count). The molecule has 1 aliphatic carbocycles. The van der Waals surface area contributed by atoms with Crippen LogP contribution in [0.1, 0.15) is 48.5 Å². The lowest BCUT2D eigenvalue weighted by Gasteiger charge is -2.23. The Labute approximate surface area is 179 Å². The number of nitrogens with one attached hydrogen (secondary N) is 1. The normalized spacial score (nSPS) is 19.9. The van der Waals surface area contributed by atoms with Crippen LogP contribution in [0.25, 0.3) is 11.0 Å². The number of anilines is 1. The van der Waals surface area contributed by atoms with Crippen molar-refractivity contribution in [1.82, 2.24) is 14.9 Å². The van der Waals surface area contributed by atoms with Crippen LogP contribution in [0.15, 0.2) is 53.0 Å². The Kier molecular flexibility index (Phi) is 5.04. The molecule has 2 aromatic carbocycles. The Morgan fingerprint density at radius 2 is 1.79 bits per heavy atom. The summed E-state index contributed by atoms with van der Waals surface area (Å²) in [7, 11) is 0. The number of carbonyl (C=O) groups excluding carboxylic acids is 1. The number of fused-ring (bicyclic) bond motifs is 1. The van der Waals surface area contributed by atoms with Gasteiger partial charge in [-0.05, 0) is 55.7 Å². The van der Waals surface area contributed by atoms with Crippen molar-refractivity contribution in [2.24, 2.45) is 0 Å². The maximum Gasteiger partial charge on any atom is 0.251 e. The fourth-order valence-corrected chi connectivity index (χ4v) is 4.97. The number of halogens is 1. The standard InChI is InChI=1S/C23H25BrN4O/c24-17-11-9-16(10-12-17)22(29)25-18-13-14-27(15-18)23-26-20-7-3-4-8-21(20)28(23)19-5-1-2-6-19/h3-4,7-12,18-19H,1-2,5-6,13-15H2,(H,25,29)/t18-/m1/s1. The van der Waals surface area contributed by atoms with Crippen molar-refractivity contribution >= 4 is 38.8 Å². The van der Waals surface area contributed by atoms with E-state index in [0.717, 1.165) is 35.4 Å². The number of hydrogen-bond acceptors (Lipinski definition) is 3. The molecule has 3 aromatic rings. The number of para-hydroxylation sites is 2. The molecule has 1 aromatic heterocycles. The van der Waals surface area contributed by atoms with Crippen LogP contribution < -0.4 is 10.2 Å². The molecule has 0 spiro atoms. The Morgan fingerprint density at radius 3 is 2.59 bits per heavy atom. The highest BCUT2D eigenvalue weighted by atomic mass is 79.9. The number of nitrogens with zero attached hydrogens (tertiary/aromatic N) is 3. The molecular weight excluding hydrogens is 428 g/mol. The average Bonchev–Trinajstić information content (AvgIpc) is 3.47. The summed E-state index contributed by atoms with van der Waals surface area (Å²) < 4.78 is 3.44. The van der Waals surface area contributed by atoms with Gasteiger partial charge in [0.15, 0.2) is 0 Å². The van der Waals surface area contributed by atoms with Crippen LogP contribution in [-0.2, 0) is 0 Å². The van der Waals surface area contributed by atoms with E-state index < -0.39 is 0 Å². The summed E-state index contributed by atoms with van der Waals surface area (Å²) in [4.78, 5) is 20.0. The van der Waals surface area contributed by atoms with Gasteiger partial charge in [-0.2, -0.15) is 0 Å². The highest BCUT2D eigenvalue weighted by Crippen LogP contribution is 2.37. The Hall–Kier alpha value is -2.34. The molecule has 0 bridgehead atoms. The van der Waals surface area contributed by atoms with Crippen molar-refractivity contribution < 1.29 is 4.79 Å². The van der Waals surface area contributed by atoms with E-state index >= 15 is 0 Å². The first-order valence-corrected chi connectivity index (χ1v) is 11.3. The van der Waals surface area contributed by atoms with E-state index in [1.54, 1.807) is 0 Å². The first-order valence-electron chi connectivity index (χ1n) is 10.5. The Morgan fingerprint density at radius 1 is 1.03 bits per heavy atom. The smallest absolute Gasteiger partial charge is 0.251 e. The third kappa shape index (κ3) is 3.66. The van der Waals surface area contributed by atoms with Crippen LogP contribution >= 0.6 is 15.9 Å². The van der Waals surface area contributed by atoms with Gasteiger partial charge in [0, 0.05) is 35.2 Å². The average molecular weight is 453 g/mol. The molecule has 1 aliphatic heterocycles. The van der Waals surface area contributed by atoms with Gasteiger partial charge >= 0.3 is 0 Å². The molecule has 0 radical (unpaired) electrons. The van der Waals surface area contributed by atoms with Gasteiger partial charge in [-0.25, -0.2) is 4.98 Å². The van der Waals surface area contributed by atoms with Crippen LogP contribution in [0.4, 0.5) is 5.95 Å². The van der Waals surface area contributed by atoms with Crippen molar-refractivity contribution in [3.8, 4) is 0 Å². The van der Waals surface area contributed by atoms with E-state index in [0.29, 0.717) is 11.6 Å². The summed E-state index contributed by atoms with van der Waals surface area (Å²) in [5.74, 6) is 1.06. The van der Waals surface area contributed by atoms with Crippen LogP contribution in [0.2, 0.25) is 0 Å². The molecule has 6 heteroatoms. The lowest BCUT2D eigenvalue weighted by molar-refractivity contribution is 0.0940. The molecular formula is C23H25BrN4O. The van der Waals surface area contributed by atoms with Crippen LogP contribution in [0.5, 0.6) is 0 Å². The molecule has 0 unspecified atom stereocenters. The van der Waals surface area contributed by atoms with Gasteiger partial charge in [-0.1, -0.05) is 40.9 Å². The zero-order valence-electron chi connectivity index (χ0n) is 16.4. The van der Waals surface area contributed by atoms with Crippen molar-refractivity contribution in [2.45, 2.75) is 44.2 Å². The molecule has 1 atom stereocenters. The second kappa shape index (κ2) is 7.82. The van der Waals surface area contributed by atoms with Gasteiger partial charge in [-0.3, -0.25) is 4.79 Å². The number of benzene rings is 2. The van der Waals surface area contributed by atoms with Crippen molar-refractivity contribution in [2.75, 3.05) is 18.0 Å². The number of imidazole rings is 1. The van der Waals surface area contributed by atoms with Gasteiger partial charge in [0.1, 0.15) is 0 Å². The van der Waals surface area contributed by atoms with E-state index in [4.69, 9.17) is 4.98 Å². The minimum atomic E-state index is -0.00588. The van der Waals surface area contributed by atoms with Crippen molar-refractivity contribution in [3.05, 3.63) is 58.6 Å². The second-order valence-corrected chi connectivity index (χ2v) is 9.04. The highest BCUT2D eigenvalue weighted by molar-refractivity contribution is 9.10. The Bertz CT molecular complexity index is 1020. The fraction of sp³-hybridized carbons (Fsp3) is 0.391. The van der Waals surface area contributed by atoms with Crippen LogP contribution in [-0.4, -0.2) is 34.6 Å². The molecule has 1 saturated carbocycles. The summed E-state index contributed by atoms with van der Waals surface area (Å²) in [6.45, 7) is 1.72. The minimum absolute atomic E-state index is 0.00588. The third-order valence-corrected chi connectivity index (χ3v) is 6.71. The quantitative estimate of drug-likeness (QED) is 0.610. The molecule has 1 amide bonds. The third-order valence-electron chi connectivity index (χ3n) is 6.18. The molecule has 5 nitrogen and oxygen atoms in total. The summed E-state index contributed by atoms with van der Waals surface area (Å²) in [5.41, 5.74) is 3.00. The van der Waals surface area contributed by atoms with E-state index in [1.165, 1.54) is 31.2 Å². The van der Waals surface area contributed by atoms with Crippen LogP contribution in [0, 0.1) is 0 Å². The lowest BCUT2D eigenvalue weighted by Crippen LogP contribution is -2.37. The predicted octanol–water partition coefficient (Wildman–Crippen LogP) is 4.92. The maximum atomic E-state index is 12.6. The first kappa shape index (κ1) is 18.7. The molecule has 29 heavy (non-hydrogen) atoms. The second-order valence-electron chi connectivity index (χ2n) is 8.12. The zero-order chi connectivity index (χ0) is 19.8. The monoisotopic (exact) mass is 452 g/mol. The van der Waals surface area contributed by atoms with E-state index in [2.05, 4.69) is 55.0 Å². The van der Waals surface area contributed by atoms with Gasteiger partial charge in [0.25, 0.3) is 5.91 Å². The summed E-state index contributed by atoms with van der Waals surface area (Å²) in [6.07, 6.45) is 5.98. The van der Waals surface area contributed by atoms with E-state index in [1.807, 2.05) is 24.3 Å². The highest BCUT2D eigenvalue weighted by Gasteiger charge is 2.30. The molecule has 2 heterocycles. The largest absolute Gasteiger partial charge is 0.347 e. The summed E-state index contributed by atoms with van der Waals surface area (Å²) in [6, 6.07) is 16.6. The SMILES string of the molecule is O=C(N[C@@H]1CCN(c2nc3ccccc3n2C2CCCC2)C1)c1ccc(Br)cc1. The van der Waals surface area contributed by atoms with Crippen molar-refractivity contribution in [3.63, 3.8) is 0 Å². The topological polar surface area (TPSA) is 50.2 Å². The predicted molar refractivity (Wildman–Crippen MR) is 119 cm³/mol. The summed E-state index contributed by atoms with van der Waals surface area (Å²) in [5, 5.41) is 3.20. The Balaban J connectivity index is 1.36. The number of hydrogen-bond donors (Lipinski definition) is 1. The molecule has 1 N–H and O–H groups in total. The van der Waals surface area contributed by atoms with E-state index in [9.17, 15) is 4.79 Å². The molecule has 2 aliphatic rings.